The molecule has 0 heterocycles. The van der Waals surface area contributed by atoms with Crippen LogP contribution in [0.3, 0.4) is 0 Å². The first-order chi connectivity index (χ1) is 2.00. The Morgan fingerprint density at radius 1 is 1.20 bits per heavy atom. The van der Waals surface area contributed by atoms with E-state index in [9.17, 15) is 0 Å². The zero-order valence-electron chi connectivity index (χ0n) is 3.03. The molecule has 1 aliphatic carbocycles. The van der Waals surface area contributed by atoms with Crippen molar-refractivity contribution >= 4 is 0 Å². The average molecular weight is 114 g/mol. The Morgan fingerprint density at radius 2 is 1.40 bits per heavy atom. The molecule has 0 aliphatic heterocycles. The largest absolute Gasteiger partial charge is 0.329 e. The normalized spacial score (nSPS) is 19.2. The SMILES string of the molecule is [CH-]1CCC1.[Co]. The van der Waals surface area contributed by atoms with Crippen LogP contribution in [-0.2, 0) is 16.8 Å². The molecule has 0 spiro atoms. The molecule has 0 bridgehead atoms. The van der Waals surface area contributed by atoms with E-state index in [1.807, 2.05) is 0 Å². The van der Waals surface area contributed by atoms with Crippen molar-refractivity contribution in [2.75, 3.05) is 0 Å². The molecule has 5 heavy (non-hydrogen) atoms. The van der Waals surface area contributed by atoms with Gasteiger partial charge in [-0.25, -0.2) is 0 Å². The molecule has 33 valence electrons. The summed E-state index contributed by atoms with van der Waals surface area (Å²) in [5, 5.41) is 0. The van der Waals surface area contributed by atoms with Crippen LogP contribution < -0.4 is 0 Å². The maximum Gasteiger partial charge on any atom is 0 e. The van der Waals surface area contributed by atoms with E-state index < -0.39 is 0 Å². The van der Waals surface area contributed by atoms with Gasteiger partial charge in [0.1, 0.15) is 0 Å². The van der Waals surface area contributed by atoms with E-state index in [0.29, 0.717) is 0 Å². The van der Waals surface area contributed by atoms with Gasteiger partial charge in [-0.05, 0) is 0 Å². The van der Waals surface area contributed by atoms with Crippen molar-refractivity contribution in [2.45, 2.75) is 19.3 Å². The van der Waals surface area contributed by atoms with Crippen molar-refractivity contribution in [3.63, 3.8) is 0 Å². The van der Waals surface area contributed by atoms with Crippen LogP contribution in [-0.4, -0.2) is 0 Å². The molecule has 0 unspecified atom stereocenters. The molecule has 0 aromatic carbocycles. The van der Waals surface area contributed by atoms with Gasteiger partial charge in [-0.2, -0.15) is 12.8 Å². The van der Waals surface area contributed by atoms with Gasteiger partial charge in [-0.15, -0.1) is 6.42 Å². The van der Waals surface area contributed by atoms with Crippen molar-refractivity contribution in [2.24, 2.45) is 0 Å². The van der Waals surface area contributed by atoms with Gasteiger partial charge < -0.3 is 6.42 Å². The fourth-order valence-electron chi connectivity index (χ4n) is 0.204. The molecule has 0 aromatic rings. The Labute approximate surface area is 43.1 Å². The first-order valence-corrected chi connectivity index (χ1v) is 1.82. The molecular formula is C4H7Co-. The molecular weight excluding hydrogens is 107 g/mol. The topological polar surface area (TPSA) is 0 Å². The van der Waals surface area contributed by atoms with Crippen LogP contribution in [0, 0.1) is 6.42 Å². The molecule has 1 fully saturated rings. The van der Waals surface area contributed by atoms with Gasteiger partial charge in [0.25, 0.3) is 0 Å². The van der Waals surface area contributed by atoms with Crippen molar-refractivity contribution in [1.82, 2.24) is 0 Å². The van der Waals surface area contributed by atoms with Crippen LogP contribution in [0.4, 0.5) is 0 Å². The van der Waals surface area contributed by atoms with Gasteiger partial charge in [-0.3, -0.25) is 0 Å². The second-order valence-electron chi connectivity index (χ2n) is 1.22. The van der Waals surface area contributed by atoms with Crippen LogP contribution in [0.1, 0.15) is 19.3 Å². The fraction of sp³-hybridized carbons (Fsp3) is 0.750. The minimum absolute atomic E-state index is 0. The van der Waals surface area contributed by atoms with Gasteiger partial charge in [0.15, 0.2) is 0 Å². The van der Waals surface area contributed by atoms with Crippen molar-refractivity contribution in [3.05, 3.63) is 6.42 Å². The Balaban J connectivity index is 0.000000160. The minimum atomic E-state index is 0. The maximum atomic E-state index is 2.31. The maximum absolute atomic E-state index is 2.31. The second kappa shape index (κ2) is 2.73. The Morgan fingerprint density at radius 3 is 1.40 bits per heavy atom. The third-order valence-corrected chi connectivity index (χ3v) is 0.816. The molecule has 1 radical (unpaired) electrons. The standard InChI is InChI=1S/C4H7.Co/c1-2-4-3-1;/h1H,2-4H2;/q-1;. The van der Waals surface area contributed by atoms with Crippen LogP contribution in [0.5, 0.6) is 0 Å². The molecule has 0 atom stereocenters. The molecule has 0 amide bonds. The van der Waals surface area contributed by atoms with Crippen LogP contribution in [0.2, 0.25) is 0 Å². The molecule has 1 aliphatic rings. The summed E-state index contributed by atoms with van der Waals surface area (Å²) in [6.07, 6.45) is 6.50. The number of hydrogen-bond donors (Lipinski definition) is 0. The van der Waals surface area contributed by atoms with E-state index in [1.165, 1.54) is 19.3 Å². The van der Waals surface area contributed by atoms with Crippen LogP contribution in [0.15, 0.2) is 0 Å². The molecule has 1 rings (SSSR count). The quantitative estimate of drug-likeness (QED) is 0.417. The van der Waals surface area contributed by atoms with E-state index in [0.717, 1.165) is 0 Å². The molecule has 0 nitrogen and oxygen atoms in total. The third-order valence-electron chi connectivity index (χ3n) is 0.816. The molecule has 0 N–H and O–H groups in total. The first-order valence-electron chi connectivity index (χ1n) is 1.82. The van der Waals surface area contributed by atoms with Crippen molar-refractivity contribution in [3.8, 4) is 0 Å². The van der Waals surface area contributed by atoms with Crippen molar-refractivity contribution in [1.29, 1.82) is 0 Å². The fourth-order valence-corrected chi connectivity index (χ4v) is 0.204. The van der Waals surface area contributed by atoms with E-state index >= 15 is 0 Å². The average Bonchev–Trinajstić information content (AvgIpc) is 0.722. The first kappa shape index (κ1) is 5.51. The van der Waals surface area contributed by atoms with Gasteiger partial charge in [0.2, 0.25) is 0 Å². The second-order valence-corrected chi connectivity index (χ2v) is 1.22. The number of hydrogen-bond acceptors (Lipinski definition) is 0. The van der Waals surface area contributed by atoms with Gasteiger partial charge in [-0.1, -0.05) is 0 Å². The minimum Gasteiger partial charge on any atom is -0.329 e. The van der Waals surface area contributed by atoms with E-state index in [4.69, 9.17) is 0 Å². The Bertz CT molecular complexity index is 11.6. The van der Waals surface area contributed by atoms with E-state index in [1.54, 1.807) is 0 Å². The summed E-state index contributed by atoms with van der Waals surface area (Å²) in [5.74, 6) is 0. The van der Waals surface area contributed by atoms with E-state index in [2.05, 4.69) is 6.42 Å². The summed E-state index contributed by atoms with van der Waals surface area (Å²) in [4.78, 5) is 0. The number of rotatable bonds is 0. The summed E-state index contributed by atoms with van der Waals surface area (Å²) in [5.41, 5.74) is 0. The molecule has 0 aromatic heterocycles. The predicted molar refractivity (Wildman–Crippen MR) is 18.2 cm³/mol. The molecule has 1 saturated carbocycles. The summed E-state index contributed by atoms with van der Waals surface area (Å²) >= 11 is 0. The van der Waals surface area contributed by atoms with Gasteiger partial charge in [0.05, 0.1) is 0 Å². The Kier molecular flexibility index (Phi) is 3.00. The zero-order chi connectivity index (χ0) is 2.83. The van der Waals surface area contributed by atoms with E-state index in [-0.39, 0.29) is 16.8 Å². The molecule has 1 heteroatoms. The summed E-state index contributed by atoms with van der Waals surface area (Å²) in [7, 11) is 0. The summed E-state index contributed by atoms with van der Waals surface area (Å²) in [6, 6.07) is 0. The predicted octanol–water partition coefficient (Wildman–Crippen LogP) is 1.37. The monoisotopic (exact) mass is 114 g/mol. The summed E-state index contributed by atoms with van der Waals surface area (Å²) < 4.78 is 0. The van der Waals surface area contributed by atoms with Crippen LogP contribution in [0.25, 0.3) is 0 Å². The smallest absolute Gasteiger partial charge is 0 e. The van der Waals surface area contributed by atoms with Gasteiger partial charge >= 0.3 is 0 Å². The Hall–Kier alpha value is 0.506. The molecule has 0 saturated heterocycles. The van der Waals surface area contributed by atoms with Gasteiger partial charge in [0, 0.05) is 16.8 Å². The zero-order valence-corrected chi connectivity index (χ0v) is 4.07. The summed E-state index contributed by atoms with van der Waals surface area (Å²) in [6.45, 7) is 0. The van der Waals surface area contributed by atoms with Crippen molar-refractivity contribution < 1.29 is 16.8 Å². The third kappa shape index (κ3) is 1.39. The van der Waals surface area contributed by atoms with Crippen LogP contribution >= 0.6 is 0 Å².